The summed E-state index contributed by atoms with van der Waals surface area (Å²) in [6, 6.07) is 10.2. The van der Waals surface area contributed by atoms with Crippen molar-refractivity contribution in [3.8, 4) is 0 Å². The smallest absolute Gasteiger partial charge is 0.237 e. The average molecular weight is 456 g/mol. The van der Waals surface area contributed by atoms with Crippen LogP contribution < -0.4 is 10.2 Å². The Balaban J connectivity index is 1.55. The van der Waals surface area contributed by atoms with Crippen molar-refractivity contribution in [2.75, 3.05) is 36.5 Å². The minimum Gasteiger partial charge on any atom is -0.378 e. The zero-order valence-electron chi connectivity index (χ0n) is 18.9. The zero-order chi connectivity index (χ0) is 22.7. The normalized spacial score (nSPS) is 15.1. The van der Waals surface area contributed by atoms with Gasteiger partial charge in [-0.2, -0.15) is 5.10 Å². The van der Waals surface area contributed by atoms with Crippen LogP contribution in [0.25, 0.3) is 0 Å². The summed E-state index contributed by atoms with van der Waals surface area (Å²) in [6.07, 6.45) is 0. The van der Waals surface area contributed by atoms with E-state index in [1.54, 1.807) is 4.68 Å². The molecule has 1 aliphatic heterocycles. The van der Waals surface area contributed by atoms with Gasteiger partial charge in [0.05, 0.1) is 42.1 Å². The lowest BCUT2D eigenvalue weighted by atomic mass is 10.2. The number of thioether (sulfide) groups is 1. The van der Waals surface area contributed by atoms with Crippen LogP contribution in [0.4, 0.5) is 11.6 Å². The minimum atomic E-state index is -0.356. The number of nitrogens with zero attached hydrogens (tertiary/aromatic N) is 6. The molecular weight excluding hydrogens is 426 g/mol. The Morgan fingerprint density at radius 3 is 2.56 bits per heavy atom. The van der Waals surface area contributed by atoms with Crippen molar-refractivity contribution < 1.29 is 9.53 Å². The Labute approximate surface area is 192 Å². The highest BCUT2D eigenvalue weighted by Gasteiger charge is 2.25. The second-order valence-corrected chi connectivity index (χ2v) is 9.18. The summed E-state index contributed by atoms with van der Waals surface area (Å²) in [5.41, 5.74) is 3.65. The number of aromatic nitrogens is 5. The highest BCUT2D eigenvalue weighted by atomic mass is 32.2. The number of hydrogen-bond donors (Lipinski definition) is 1. The molecule has 3 aromatic rings. The van der Waals surface area contributed by atoms with Gasteiger partial charge in [-0.3, -0.25) is 14.0 Å². The van der Waals surface area contributed by atoms with Crippen molar-refractivity contribution in [2.45, 2.75) is 37.7 Å². The zero-order valence-corrected chi connectivity index (χ0v) is 19.7. The van der Waals surface area contributed by atoms with Crippen LogP contribution in [0.15, 0.2) is 35.5 Å². The Bertz CT molecular complexity index is 1070. The first-order valence-electron chi connectivity index (χ1n) is 10.7. The van der Waals surface area contributed by atoms with Crippen molar-refractivity contribution in [3.63, 3.8) is 0 Å². The minimum absolute atomic E-state index is 0.0867. The molecule has 0 spiro atoms. The standard InChI is InChI=1S/C22H29N7O2S/c1-15-19(16(2)27(4)26-15)23-20(30)17(3)32-22-25-24-21(28-10-12-31-13-11-28)29(22)14-18-8-6-5-7-9-18/h5-9,17H,10-14H2,1-4H3,(H,23,30)/t17-/m0/s1. The number of morpholine rings is 1. The van der Waals surface area contributed by atoms with E-state index in [-0.39, 0.29) is 11.2 Å². The lowest BCUT2D eigenvalue weighted by molar-refractivity contribution is -0.115. The number of benzene rings is 1. The van der Waals surface area contributed by atoms with Crippen LogP contribution in [0, 0.1) is 13.8 Å². The van der Waals surface area contributed by atoms with Crippen molar-refractivity contribution in [3.05, 3.63) is 47.3 Å². The van der Waals surface area contributed by atoms with E-state index >= 15 is 0 Å². The van der Waals surface area contributed by atoms with E-state index in [2.05, 4.69) is 42.2 Å². The number of rotatable bonds is 7. The Morgan fingerprint density at radius 2 is 1.91 bits per heavy atom. The summed E-state index contributed by atoms with van der Waals surface area (Å²) in [4.78, 5) is 15.1. The van der Waals surface area contributed by atoms with Gasteiger partial charge in [-0.1, -0.05) is 42.1 Å². The maximum Gasteiger partial charge on any atom is 0.237 e. The van der Waals surface area contributed by atoms with Gasteiger partial charge in [0.1, 0.15) is 0 Å². The van der Waals surface area contributed by atoms with E-state index in [1.807, 2.05) is 46.0 Å². The molecular formula is C22H29N7O2S. The molecule has 0 aliphatic carbocycles. The van der Waals surface area contributed by atoms with Gasteiger partial charge in [-0.05, 0) is 26.3 Å². The number of carbonyl (C=O) groups excluding carboxylic acids is 1. The summed E-state index contributed by atoms with van der Waals surface area (Å²) < 4.78 is 9.36. The van der Waals surface area contributed by atoms with E-state index in [1.165, 1.54) is 11.8 Å². The van der Waals surface area contributed by atoms with Crippen molar-refractivity contribution in [1.82, 2.24) is 24.5 Å². The summed E-state index contributed by atoms with van der Waals surface area (Å²) >= 11 is 1.41. The molecule has 1 amide bonds. The highest BCUT2D eigenvalue weighted by molar-refractivity contribution is 8.00. The number of anilines is 2. The quantitative estimate of drug-likeness (QED) is 0.548. The van der Waals surface area contributed by atoms with Gasteiger partial charge in [0.15, 0.2) is 5.16 Å². The third-order valence-electron chi connectivity index (χ3n) is 5.58. The first-order chi connectivity index (χ1) is 15.4. The summed E-state index contributed by atoms with van der Waals surface area (Å²) in [5, 5.41) is 16.7. The molecule has 3 heterocycles. The predicted molar refractivity (Wildman–Crippen MR) is 125 cm³/mol. The van der Waals surface area contributed by atoms with Gasteiger partial charge in [0.25, 0.3) is 0 Å². The summed E-state index contributed by atoms with van der Waals surface area (Å²) in [6.45, 7) is 9.24. The van der Waals surface area contributed by atoms with Crippen molar-refractivity contribution in [1.29, 1.82) is 0 Å². The SMILES string of the molecule is Cc1nn(C)c(C)c1NC(=O)[C@H](C)Sc1nnc(N2CCOCC2)n1Cc1ccccc1. The number of nitrogens with one attached hydrogen (secondary N) is 1. The lowest BCUT2D eigenvalue weighted by Gasteiger charge is -2.28. The average Bonchev–Trinajstić information content (AvgIpc) is 3.30. The first kappa shape index (κ1) is 22.3. The molecule has 1 aromatic carbocycles. The van der Waals surface area contributed by atoms with Gasteiger partial charge in [-0.15, -0.1) is 10.2 Å². The molecule has 10 heteroatoms. The highest BCUT2D eigenvalue weighted by Crippen LogP contribution is 2.28. The maximum absolute atomic E-state index is 13.0. The number of aryl methyl sites for hydroxylation is 2. The molecule has 1 atom stereocenters. The molecule has 1 N–H and O–H groups in total. The largest absolute Gasteiger partial charge is 0.378 e. The number of hydrogen-bond acceptors (Lipinski definition) is 7. The number of carbonyl (C=O) groups is 1. The van der Waals surface area contributed by atoms with E-state index < -0.39 is 0 Å². The molecule has 1 saturated heterocycles. The van der Waals surface area contributed by atoms with Gasteiger partial charge >= 0.3 is 0 Å². The third-order valence-corrected chi connectivity index (χ3v) is 6.66. The van der Waals surface area contributed by atoms with E-state index in [0.717, 1.165) is 46.8 Å². The third kappa shape index (κ3) is 4.81. The van der Waals surface area contributed by atoms with Crippen LogP contribution in [0.3, 0.4) is 0 Å². The maximum atomic E-state index is 13.0. The lowest BCUT2D eigenvalue weighted by Crippen LogP contribution is -2.38. The molecule has 0 bridgehead atoms. The predicted octanol–water partition coefficient (Wildman–Crippen LogP) is 2.63. The fraction of sp³-hybridized carbons (Fsp3) is 0.455. The van der Waals surface area contributed by atoms with Gasteiger partial charge in [-0.25, -0.2) is 0 Å². The fourth-order valence-electron chi connectivity index (χ4n) is 3.66. The number of amides is 1. The van der Waals surface area contributed by atoms with Gasteiger partial charge < -0.3 is 15.0 Å². The van der Waals surface area contributed by atoms with Crippen LogP contribution >= 0.6 is 11.8 Å². The van der Waals surface area contributed by atoms with Crippen LogP contribution in [-0.2, 0) is 23.1 Å². The Kier molecular flexibility index (Phi) is 6.80. The van der Waals surface area contributed by atoms with Crippen molar-refractivity contribution in [2.24, 2.45) is 7.05 Å². The Morgan fingerprint density at radius 1 is 1.19 bits per heavy atom. The van der Waals surface area contributed by atoms with E-state index in [4.69, 9.17) is 4.74 Å². The van der Waals surface area contributed by atoms with Crippen molar-refractivity contribution >= 4 is 29.3 Å². The summed E-state index contributed by atoms with van der Waals surface area (Å²) in [7, 11) is 1.87. The van der Waals surface area contributed by atoms with Gasteiger partial charge in [0.2, 0.25) is 11.9 Å². The van der Waals surface area contributed by atoms with E-state index in [0.29, 0.717) is 19.8 Å². The van der Waals surface area contributed by atoms with Crippen LogP contribution in [-0.4, -0.2) is 62.0 Å². The van der Waals surface area contributed by atoms with Crippen LogP contribution in [0.2, 0.25) is 0 Å². The Hall–Kier alpha value is -2.85. The molecule has 9 nitrogen and oxygen atoms in total. The molecule has 0 radical (unpaired) electrons. The fourth-order valence-corrected chi connectivity index (χ4v) is 4.50. The molecule has 0 unspecified atom stereocenters. The molecule has 4 rings (SSSR count). The second kappa shape index (κ2) is 9.74. The molecule has 170 valence electrons. The monoisotopic (exact) mass is 455 g/mol. The first-order valence-corrected chi connectivity index (χ1v) is 11.6. The molecule has 1 aliphatic rings. The molecule has 2 aromatic heterocycles. The molecule has 1 fully saturated rings. The molecule has 32 heavy (non-hydrogen) atoms. The van der Waals surface area contributed by atoms with E-state index in [9.17, 15) is 4.79 Å². The molecule has 0 saturated carbocycles. The van der Waals surface area contributed by atoms with Crippen LogP contribution in [0.1, 0.15) is 23.9 Å². The topological polar surface area (TPSA) is 90.1 Å². The summed E-state index contributed by atoms with van der Waals surface area (Å²) in [5.74, 6) is 0.725. The second-order valence-electron chi connectivity index (χ2n) is 7.87. The van der Waals surface area contributed by atoms with Gasteiger partial charge in [0, 0.05) is 20.1 Å². The van der Waals surface area contributed by atoms with Crippen LogP contribution in [0.5, 0.6) is 0 Å². The number of ether oxygens (including phenoxy) is 1.